The molecule has 4 rings (SSSR count). The Morgan fingerprint density at radius 1 is 1.16 bits per heavy atom. The number of benzene rings is 1. The molecule has 0 radical (unpaired) electrons. The normalized spacial score (nSPS) is 33.2. The van der Waals surface area contributed by atoms with Crippen molar-refractivity contribution >= 4 is 11.4 Å². The highest BCUT2D eigenvalue weighted by atomic mass is 16.1. The largest absolute Gasteiger partial charge is 0.299 e. The third kappa shape index (κ3) is 1.80. The van der Waals surface area contributed by atoms with Gasteiger partial charge >= 0.3 is 0 Å². The Morgan fingerprint density at radius 3 is 2.47 bits per heavy atom. The lowest BCUT2D eigenvalue weighted by molar-refractivity contribution is -0.132. The van der Waals surface area contributed by atoms with Crippen LogP contribution in [0, 0.1) is 10.8 Å². The standard InChI is InChI=1S/C18H20O/c1-13(14-7-5-4-6-8-14)15-11-18(3)10-9-17(15,2)12-16(18)19/h4-8,11H,1,9-10,12H2,2-3H3/t17-,18-/m1/s1. The van der Waals surface area contributed by atoms with Crippen LogP contribution in [0.15, 0.2) is 48.6 Å². The molecule has 1 heteroatoms. The molecule has 1 nitrogen and oxygen atoms in total. The van der Waals surface area contributed by atoms with Crippen LogP contribution in [0.4, 0.5) is 0 Å². The fourth-order valence-electron chi connectivity index (χ4n) is 3.44. The van der Waals surface area contributed by atoms with Gasteiger partial charge in [-0.05, 0) is 41.9 Å². The van der Waals surface area contributed by atoms with Crippen molar-refractivity contribution in [2.24, 2.45) is 10.8 Å². The maximum absolute atomic E-state index is 12.2. The van der Waals surface area contributed by atoms with Crippen LogP contribution >= 0.6 is 0 Å². The zero-order valence-corrected chi connectivity index (χ0v) is 11.7. The second kappa shape index (κ2) is 3.93. The minimum absolute atomic E-state index is 0.0121. The summed E-state index contributed by atoms with van der Waals surface area (Å²) in [6.07, 6.45) is 4.93. The number of fused-ring (bicyclic) bond motifs is 2. The summed E-state index contributed by atoms with van der Waals surface area (Å²) in [6, 6.07) is 10.3. The van der Waals surface area contributed by atoms with E-state index in [1.165, 1.54) is 11.1 Å². The van der Waals surface area contributed by atoms with E-state index in [0.717, 1.165) is 18.4 Å². The van der Waals surface area contributed by atoms with Crippen molar-refractivity contribution in [2.45, 2.75) is 33.1 Å². The summed E-state index contributed by atoms with van der Waals surface area (Å²) in [5, 5.41) is 0. The number of rotatable bonds is 2. The van der Waals surface area contributed by atoms with Crippen LogP contribution in [0.25, 0.3) is 5.57 Å². The van der Waals surface area contributed by atoms with E-state index in [9.17, 15) is 4.79 Å². The van der Waals surface area contributed by atoms with E-state index >= 15 is 0 Å². The predicted octanol–water partition coefficient (Wildman–Crippen LogP) is 4.41. The number of Topliss-reactive ketones (excluding diaryl/α,β-unsaturated/α-hetero) is 1. The SMILES string of the molecule is C=C(C1=C[C@@]2(C)CC[C@]1(C)CC2=O)c1ccccc1. The van der Waals surface area contributed by atoms with E-state index < -0.39 is 0 Å². The Labute approximate surface area is 115 Å². The van der Waals surface area contributed by atoms with Crippen LogP contribution in [0.5, 0.6) is 0 Å². The molecule has 1 aromatic rings. The Hall–Kier alpha value is -1.63. The van der Waals surface area contributed by atoms with E-state index in [4.69, 9.17) is 0 Å². The molecule has 2 bridgehead atoms. The first-order chi connectivity index (χ1) is 8.95. The van der Waals surface area contributed by atoms with Crippen molar-refractivity contribution in [2.75, 3.05) is 0 Å². The van der Waals surface area contributed by atoms with E-state index in [-0.39, 0.29) is 10.8 Å². The van der Waals surface area contributed by atoms with Crippen LogP contribution in [0.3, 0.4) is 0 Å². The molecule has 1 aromatic carbocycles. The van der Waals surface area contributed by atoms with E-state index in [1.54, 1.807) is 0 Å². The van der Waals surface area contributed by atoms with Gasteiger partial charge in [-0.1, -0.05) is 49.9 Å². The average Bonchev–Trinajstić information content (AvgIpc) is 2.41. The van der Waals surface area contributed by atoms with Gasteiger partial charge in [-0.3, -0.25) is 4.79 Å². The molecule has 0 N–H and O–H groups in total. The monoisotopic (exact) mass is 252 g/mol. The molecule has 0 spiro atoms. The molecule has 0 amide bonds. The molecule has 98 valence electrons. The summed E-state index contributed by atoms with van der Waals surface area (Å²) >= 11 is 0. The second-order valence-electron chi connectivity index (χ2n) is 6.48. The highest BCUT2D eigenvalue weighted by Gasteiger charge is 2.50. The number of ketones is 1. The topological polar surface area (TPSA) is 17.1 Å². The lowest BCUT2D eigenvalue weighted by atomic mass is 9.54. The van der Waals surface area contributed by atoms with Crippen LogP contribution < -0.4 is 0 Å². The van der Waals surface area contributed by atoms with Gasteiger partial charge in [0, 0.05) is 11.8 Å². The van der Waals surface area contributed by atoms with Crippen molar-refractivity contribution in [1.29, 1.82) is 0 Å². The van der Waals surface area contributed by atoms with Gasteiger partial charge in [-0.25, -0.2) is 0 Å². The fourth-order valence-corrected chi connectivity index (χ4v) is 3.44. The Bertz CT molecular complexity index is 581. The first kappa shape index (κ1) is 12.4. The fraction of sp³-hybridized carbons (Fsp3) is 0.389. The molecule has 19 heavy (non-hydrogen) atoms. The zero-order chi connectivity index (χ0) is 13.7. The summed E-state index contributed by atoms with van der Waals surface area (Å²) in [4.78, 5) is 12.2. The van der Waals surface area contributed by atoms with Crippen LogP contribution in [-0.4, -0.2) is 5.78 Å². The lowest BCUT2D eigenvalue weighted by Gasteiger charge is -2.48. The van der Waals surface area contributed by atoms with E-state index in [0.29, 0.717) is 12.2 Å². The number of hydrogen-bond acceptors (Lipinski definition) is 1. The first-order valence-electron chi connectivity index (χ1n) is 6.96. The summed E-state index contributed by atoms with van der Waals surface area (Å²) in [6.45, 7) is 8.58. The maximum Gasteiger partial charge on any atom is 0.143 e. The molecule has 3 aliphatic rings. The Balaban J connectivity index is 2.06. The molecular formula is C18H20O. The second-order valence-corrected chi connectivity index (χ2v) is 6.48. The van der Waals surface area contributed by atoms with E-state index in [1.807, 2.05) is 18.2 Å². The van der Waals surface area contributed by atoms with Gasteiger partial charge in [0.2, 0.25) is 0 Å². The first-order valence-corrected chi connectivity index (χ1v) is 6.96. The average molecular weight is 252 g/mol. The maximum atomic E-state index is 12.2. The molecular weight excluding hydrogens is 232 g/mol. The number of hydrogen-bond donors (Lipinski definition) is 0. The van der Waals surface area contributed by atoms with Crippen molar-refractivity contribution in [1.82, 2.24) is 0 Å². The van der Waals surface area contributed by atoms with Gasteiger partial charge in [0.25, 0.3) is 0 Å². The number of carbonyl (C=O) groups excluding carboxylic acids is 1. The minimum atomic E-state index is -0.259. The number of allylic oxidation sites excluding steroid dienone is 3. The highest BCUT2D eigenvalue weighted by Crippen LogP contribution is 2.56. The Kier molecular flexibility index (Phi) is 2.57. The minimum Gasteiger partial charge on any atom is -0.299 e. The quantitative estimate of drug-likeness (QED) is 0.762. The van der Waals surface area contributed by atoms with Gasteiger partial charge in [0.15, 0.2) is 0 Å². The third-order valence-corrected chi connectivity index (χ3v) is 4.94. The molecule has 3 aliphatic carbocycles. The summed E-state index contributed by atoms with van der Waals surface area (Å²) in [5.41, 5.74) is 3.26. The Morgan fingerprint density at radius 2 is 1.84 bits per heavy atom. The van der Waals surface area contributed by atoms with Crippen LogP contribution in [0.1, 0.15) is 38.7 Å². The molecule has 0 saturated heterocycles. The molecule has 0 unspecified atom stereocenters. The molecule has 1 fully saturated rings. The van der Waals surface area contributed by atoms with Gasteiger partial charge in [0.05, 0.1) is 0 Å². The molecule has 0 aromatic heterocycles. The smallest absolute Gasteiger partial charge is 0.143 e. The zero-order valence-electron chi connectivity index (χ0n) is 11.7. The van der Waals surface area contributed by atoms with Crippen LogP contribution in [0.2, 0.25) is 0 Å². The van der Waals surface area contributed by atoms with Crippen molar-refractivity contribution in [3.8, 4) is 0 Å². The van der Waals surface area contributed by atoms with Crippen molar-refractivity contribution in [3.05, 3.63) is 54.1 Å². The van der Waals surface area contributed by atoms with E-state index in [2.05, 4.69) is 38.6 Å². The summed E-state index contributed by atoms with van der Waals surface area (Å²) in [5.74, 6) is 0.394. The van der Waals surface area contributed by atoms with Crippen molar-refractivity contribution < 1.29 is 4.79 Å². The molecule has 2 atom stereocenters. The third-order valence-electron chi connectivity index (χ3n) is 4.94. The number of carbonyl (C=O) groups is 1. The van der Waals surface area contributed by atoms with Crippen LogP contribution in [-0.2, 0) is 4.79 Å². The molecule has 0 heterocycles. The summed E-state index contributed by atoms with van der Waals surface area (Å²) in [7, 11) is 0. The van der Waals surface area contributed by atoms with Gasteiger partial charge in [0.1, 0.15) is 5.78 Å². The van der Waals surface area contributed by atoms with Crippen molar-refractivity contribution in [3.63, 3.8) is 0 Å². The van der Waals surface area contributed by atoms with Gasteiger partial charge < -0.3 is 0 Å². The highest BCUT2D eigenvalue weighted by molar-refractivity contribution is 5.94. The summed E-state index contributed by atoms with van der Waals surface area (Å²) < 4.78 is 0. The van der Waals surface area contributed by atoms with Gasteiger partial charge in [-0.15, -0.1) is 0 Å². The predicted molar refractivity (Wildman–Crippen MR) is 78.6 cm³/mol. The molecule has 1 saturated carbocycles. The molecule has 0 aliphatic heterocycles. The van der Waals surface area contributed by atoms with Gasteiger partial charge in [-0.2, -0.15) is 0 Å². The lowest BCUT2D eigenvalue weighted by Crippen LogP contribution is -2.44.